The second kappa shape index (κ2) is 7.42. The number of oxime groups is 1. The van der Waals surface area contributed by atoms with Gasteiger partial charge in [0.1, 0.15) is 17.6 Å². The maximum absolute atomic E-state index is 11.9. The molecule has 0 saturated carbocycles. The highest BCUT2D eigenvalue weighted by atomic mass is 32.2. The molecule has 0 aromatic heterocycles. The largest absolute Gasteiger partial charge is 0.497 e. The van der Waals surface area contributed by atoms with E-state index in [1.165, 1.54) is 7.11 Å². The van der Waals surface area contributed by atoms with Gasteiger partial charge in [-0.25, -0.2) is 0 Å². The van der Waals surface area contributed by atoms with Crippen molar-refractivity contribution in [1.29, 1.82) is 5.26 Å². The summed E-state index contributed by atoms with van der Waals surface area (Å²) in [5.41, 5.74) is 0.873. The summed E-state index contributed by atoms with van der Waals surface area (Å²) in [5, 5.41) is 12.6. The Morgan fingerprint density at radius 1 is 1.13 bits per heavy atom. The number of ether oxygens (including phenoxy) is 1. The fourth-order valence-corrected chi connectivity index (χ4v) is 2.63. The smallest absolute Gasteiger partial charge is 0.332 e. The SMILES string of the molecule is COc1ccc(C(C#N)=NOS(=O)(=O)Cc2ccccc2)cc1. The molecular weight excluding hydrogens is 316 g/mol. The summed E-state index contributed by atoms with van der Waals surface area (Å²) in [4.78, 5) is 0. The Labute approximate surface area is 134 Å². The second-order valence-electron chi connectivity index (χ2n) is 4.54. The minimum atomic E-state index is -3.92. The lowest BCUT2D eigenvalue weighted by Crippen LogP contribution is -2.08. The Balaban J connectivity index is 2.13. The van der Waals surface area contributed by atoms with E-state index in [0.29, 0.717) is 16.9 Å². The van der Waals surface area contributed by atoms with Gasteiger partial charge in [-0.3, -0.25) is 4.28 Å². The molecule has 0 spiro atoms. The average molecular weight is 330 g/mol. The van der Waals surface area contributed by atoms with Crippen LogP contribution in [0.2, 0.25) is 0 Å². The molecular formula is C16H14N2O4S. The van der Waals surface area contributed by atoms with Crippen LogP contribution < -0.4 is 4.74 Å². The molecule has 0 heterocycles. The minimum absolute atomic E-state index is 0.135. The summed E-state index contributed by atoms with van der Waals surface area (Å²) >= 11 is 0. The Morgan fingerprint density at radius 2 is 1.78 bits per heavy atom. The quantitative estimate of drug-likeness (QED) is 0.599. The number of hydrogen-bond donors (Lipinski definition) is 0. The van der Waals surface area contributed by atoms with Crippen molar-refractivity contribution in [1.82, 2.24) is 0 Å². The molecule has 0 amide bonds. The van der Waals surface area contributed by atoms with E-state index in [-0.39, 0.29) is 11.5 Å². The van der Waals surface area contributed by atoms with E-state index in [0.717, 1.165) is 0 Å². The topological polar surface area (TPSA) is 88.8 Å². The molecule has 2 rings (SSSR count). The molecule has 6 nitrogen and oxygen atoms in total. The predicted molar refractivity (Wildman–Crippen MR) is 85.3 cm³/mol. The zero-order valence-corrected chi connectivity index (χ0v) is 13.2. The molecule has 0 radical (unpaired) electrons. The van der Waals surface area contributed by atoms with Crippen molar-refractivity contribution in [2.75, 3.05) is 7.11 Å². The normalized spacial score (nSPS) is 11.6. The van der Waals surface area contributed by atoms with E-state index in [9.17, 15) is 8.42 Å². The lowest BCUT2D eigenvalue weighted by molar-refractivity contribution is 0.339. The second-order valence-corrected chi connectivity index (χ2v) is 6.10. The number of nitriles is 1. The van der Waals surface area contributed by atoms with Crippen molar-refractivity contribution in [3.63, 3.8) is 0 Å². The van der Waals surface area contributed by atoms with Gasteiger partial charge in [-0.05, 0) is 29.8 Å². The lowest BCUT2D eigenvalue weighted by atomic mass is 10.1. The molecule has 23 heavy (non-hydrogen) atoms. The zero-order valence-electron chi connectivity index (χ0n) is 12.3. The summed E-state index contributed by atoms with van der Waals surface area (Å²) in [6.45, 7) is 0. The molecule has 0 aliphatic heterocycles. The monoisotopic (exact) mass is 330 g/mol. The van der Waals surface area contributed by atoms with Gasteiger partial charge in [0.2, 0.25) is 0 Å². The number of methoxy groups -OCH3 is 1. The predicted octanol–water partition coefficient (Wildman–Crippen LogP) is 2.47. The fourth-order valence-electron chi connectivity index (χ4n) is 1.79. The summed E-state index contributed by atoms with van der Waals surface area (Å²) in [6, 6.07) is 16.8. The van der Waals surface area contributed by atoms with Gasteiger partial charge >= 0.3 is 10.1 Å². The Bertz CT molecular complexity index is 823. The highest BCUT2D eigenvalue weighted by Crippen LogP contribution is 2.13. The minimum Gasteiger partial charge on any atom is -0.497 e. The Morgan fingerprint density at radius 3 is 2.35 bits per heavy atom. The van der Waals surface area contributed by atoms with E-state index in [1.807, 2.05) is 6.07 Å². The Hall–Kier alpha value is -2.85. The summed E-state index contributed by atoms with van der Waals surface area (Å²) in [6.07, 6.45) is 0. The first-order valence-electron chi connectivity index (χ1n) is 6.62. The average Bonchev–Trinajstić information content (AvgIpc) is 2.56. The highest BCUT2D eigenvalue weighted by molar-refractivity contribution is 7.85. The maximum Gasteiger partial charge on any atom is 0.332 e. The van der Waals surface area contributed by atoms with Crippen molar-refractivity contribution in [3.05, 3.63) is 65.7 Å². The van der Waals surface area contributed by atoms with E-state index >= 15 is 0 Å². The molecule has 118 valence electrons. The first-order chi connectivity index (χ1) is 11.0. The lowest BCUT2D eigenvalue weighted by Gasteiger charge is -2.03. The molecule has 0 fully saturated rings. The van der Waals surface area contributed by atoms with Crippen LogP contribution in [0.25, 0.3) is 0 Å². The van der Waals surface area contributed by atoms with E-state index in [1.54, 1.807) is 54.6 Å². The van der Waals surface area contributed by atoms with Crippen molar-refractivity contribution in [2.24, 2.45) is 5.16 Å². The van der Waals surface area contributed by atoms with Crippen LogP contribution in [0, 0.1) is 11.3 Å². The van der Waals surface area contributed by atoms with E-state index in [4.69, 9.17) is 10.00 Å². The standard InChI is InChI=1S/C16H14N2O4S/c1-21-15-9-7-14(8-10-15)16(11-17)18-22-23(19,20)12-13-5-3-2-4-6-13/h2-10H,12H2,1H3. The Kier molecular flexibility index (Phi) is 5.33. The molecule has 2 aromatic carbocycles. The van der Waals surface area contributed by atoms with Crippen molar-refractivity contribution >= 4 is 15.8 Å². The number of benzene rings is 2. The molecule has 7 heteroatoms. The van der Waals surface area contributed by atoms with Gasteiger partial charge < -0.3 is 4.74 Å². The summed E-state index contributed by atoms with van der Waals surface area (Å²) in [5.74, 6) is 0.294. The molecule has 0 aliphatic rings. The van der Waals surface area contributed by atoms with Gasteiger partial charge in [-0.15, -0.1) is 0 Å². The van der Waals surface area contributed by atoms with Gasteiger partial charge in [0.15, 0.2) is 5.71 Å². The molecule has 0 unspecified atom stereocenters. The molecule has 2 aromatic rings. The van der Waals surface area contributed by atoms with Crippen LogP contribution in [0.1, 0.15) is 11.1 Å². The summed E-state index contributed by atoms with van der Waals surface area (Å²) in [7, 11) is -2.40. The van der Waals surface area contributed by atoms with Crippen molar-refractivity contribution < 1.29 is 17.4 Å². The van der Waals surface area contributed by atoms with Gasteiger partial charge in [0.25, 0.3) is 0 Å². The van der Waals surface area contributed by atoms with Crippen LogP contribution in [0.5, 0.6) is 5.75 Å². The van der Waals surface area contributed by atoms with Gasteiger partial charge in [-0.2, -0.15) is 13.7 Å². The molecule has 0 aliphatic carbocycles. The van der Waals surface area contributed by atoms with Crippen LogP contribution >= 0.6 is 0 Å². The van der Waals surface area contributed by atoms with E-state index < -0.39 is 10.1 Å². The third kappa shape index (κ3) is 4.83. The third-order valence-corrected chi connectivity index (χ3v) is 3.89. The number of rotatable bonds is 6. The number of hydrogen-bond acceptors (Lipinski definition) is 6. The van der Waals surface area contributed by atoms with Crippen LogP contribution in [-0.2, 0) is 20.2 Å². The number of nitrogens with zero attached hydrogens (tertiary/aromatic N) is 2. The highest BCUT2D eigenvalue weighted by Gasteiger charge is 2.14. The van der Waals surface area contributed by atoms with Crippen LogP contribution in [0.15, 0.2) is 59.8 Å². The van der Waals surface area contributed by atoms with Gasteiger partial charge in [-0.1, -0.05) is 35.5 Å². The third-order valence-electron chi connectivity index (χ3n) is 2.90. The van der Waals surface area contributed by atoms with Crippen LogP contribution in [-0.4, -0.2) is 21.2 Å². The fraction of sp³-hybridized carbons (Fsp3) is 0.125. The maximum atomic E-state index is 11.9. The van der Waals surface area contributed by atoms with E-state index in [2.05, 4.69) is 9.44 Å². The molecule has 0 saturated heterocycles. The molecule has 0 N–H and O–H groups in total. The van der Waals surface area contributed by atoms with Crippen LogP contribution in [0.3, 0.4) is 0 Å². The zero-order chi connectivity index (χ0) is 16.7. The first kappa shape index (κ1) is 16.5. The molecule has 0 atom stereocenters. The van der Waals surface area contributed by atoms with Gasteiger partial charge in [0, 0.05) is 5.56 Å². The first-order valence-corrected chi connectivity index (χ1v) is 8.19. The van der Waals surface area contributed by atoms with Crippen LogP contribution in [0.4, 0.5) is 0 Å². The van der Waals surface area contributed by atoms with Crippen molar-refractivity contribution in [2.45, 2.75) is 5.75 Å². The van der Waals surface area contributed by atoms with Gasteiger partial charge in [0.05, 0.1) is 7.11 Å². The molecule has 0 bridgehead atoms. The van der Waals surface area contributed by atoms with Crippen molar-refractivity contribution in [3.8, 4) is 11.8 Å². The summed E-state index contributed by atoms with van der Waals surface area (Å²) < 4.78 is 33.4.